The van der Waals surface area contributed by atoms with Crippen LogP contribution in [-0.4, -0.2) is 48.2 Å². The highest BCUT2D eigenvalue weighted by Crippen LogP contribution is 2.32. The zero-order valence-corrected chi connectivity index (χ0v) is 13.4. The topological polar surface area (TPSA) is 48.0 Å². The second-order valence-corrected chi connectivity index (χ2v) is 6.47. The number of hydrogen-bond acceptors (Lipinski definition) is 4. The fourth-order valence-corrected chi connectivity index (χ4v) is 2.35. The van der Waals surface area contributed by atoms with Gasteiger partial charge in [0, 0.05) is 7.11 Å². The summed E-state index contributed by atoms with van der Waals surface area (Å²) in [6.07, 6.45) is 1.91. The normalized spacial score (nSPS) is 23.5. The van der Waals surface area contributed by atoms with Gasteiger partial charge in [0.2, 0.25) is 0 Å². The highest BCUT2D eigenvalue weighted by molar-refractivity contribution is 5.69. The van der Waals surface area contributed by atoms with Gasteiger partial charge in [-0.15, -0.1) is 6.58 Å². The van der Waals surface area contributed by atoms with E-state index in [-0.39, 0.29) is 18.2 Å². The minimum atomic E-state index is -0.703. The number of hydrogen-bond donors (Lipinski definition) is 0. The van der Waals surface area contributed by atoms with E-state index in [0.717, 1.165) is 0 Å². The number of amides is 1. The van der Waals surface area contributed by atoms with Gasteiger partial charge in [0.05, 0.1) is 18.8 Å². The molecule has 0 unspecified atom stereocenters. The molecule has 5 nitrogen and oxygen atoms in total. The molecule has 116 valence electrons. The van der Waals surface area contributed by atoms with Crippen molar-refractivity contribution >= 4 is 6.09 Å². The molecule has 5 heteroatoms. The van der Waals surface area contributed by atoms with Crippen LogP contribution >= 0.6 is 0 Å². The molecular weight excluding hydrogens is 258 g/mol. The summed E-state index contributed by atoms with van der Waals surface area (Å²) in [6.45, 7) is 13.4. The molecule has 1 amide bonds. The Labute approximate surface area is 121 Å². The van der Waals surface area contributed by atoms with Crippen LogP contribution in [0, 0.1) is 0 Å². The van der Waals surface area contributed by atoms with E-state index in [1.54, 1.807) is 18.1 Å². The first-order chi connectivity index (χ1) is 9.12. The van der Waals surface area contributed by atoms with Gasteiger partial charge in [-0.1, -0.05) is 6.08 Å². The third kappa shape index (κ3) is 3.96. The summed E-state index contributed by atoms with van der Waals surface area (Å²) in [5, 5.41) is 0. The number of methoxy groups -OCH3 is 1. The van der Waals surface area contributed by atoms with Gasteiger partial charge < -0.3 is 14.2 Å². The van der Waals surface area contributed by atoms with E-state index < -0.39 is 11.3 Å². The highest BCUT2D eigenvalue weighted by atomic mass is 16.6. The van der Waals surface area contributed by atoms with Crippen molar-refractivity contribution in [3.8, 4) is 0 Å². The summed E-state index contributed by atoms with van der Waals surface area (Å²) < 4.78 is 16.7. The minimum absolute atomic E-state index is 0.151. The predicted octanol–water partition coefficient (Wildman–Crippen LogP) is 2.95. The van der Waals surface area contributed by atoms with E-state index in [0.29, 0.717) is 13.0 Å². The van der Waals surface area contributed by atoms with Crippen molar-refractivity contribution < 1.29 is 19.0 Å². The minimum Gasteiger partial charge on any atom is -0.444 e. The van der Waals surface area contributed by atoms with Crippen LogP contribution in [0.1, 0.15) is 41.0 Å². The number of rotatable bonds is 4. The first-order valence-corrected chi connectivity index (χ1v) is 6.92. The van der Waals surface area contributed by atoms with Gasteiger partial charge in [-0.3, -0.25) is 4.90 Å². The van der Waals surface area contributed by atoms with Crippen LogP contribution in [0.15, 0.2) is 12.7 Å². The summed E-state index contributed by atoms with van der Waals surface area (Å²) in [5.74, 6) is 0. The lowest BCUT2D eigenvalue weighted by Gasteiger charge is -2.37. The van der Waals surface area contributed by atoms with E-state index in [2.05, 4.69) is 6.58 Å². The van der Waals surface area contributed by atoms with Crippen LogP contribution in [0.3, 0.4) is 0 Å². The molecule has 0 saturated carbocycles. The first-order valence-electron chi connectivity index (χ1n) is 6.92. The summed E-state index contributed by atoms with van der Waals surface area (Å²) in [6, 6.07) is -0.178. The molecule has 0 bridgehead atoms. The second kappa shape index (κ2) is 6.14. The molecule has 1 heterocycles. The molecule has 1 aliphatic rings. The van der Waals surface area contributed by atoms with Crippen molar-refractivity contribution in [1.82, 2.24) is 4.90 Å². The van der Waals surface area contributed by atoms with Gasteiger partial charge in [-0.2, -0.15) is 0 Å². The van der Waals surface area contributed by atoms with Gasteiger partial charge in [0.25, 0.3) is 0 Å². The molecule has 0 spiro atoms. The molecule has 0 N–H and O–H groups in total. The molecule has 1 saturated heterocycles. The van der Waals surface area contributed by atoms with Gasteiger partial charge >= 0.3 is 6.09 Å². The van der Waals surface area contributed by atoms with Crippen molar-refractivity contribution in [3.63, 3.8) is 0 Å². The monoisotopic (exact) mass is 285 g/mol. The maximum Gasteiger partial charge on any atom is 0.412 e. The quantitative estimate of drug-likeness (QED) is 0.745. The molecule has 2 atom stereocenters. The summed E-state index contributed by atoms with van der Waals surface area (Å²) in [4.78, 5) is 14.1. The van der Waals surface area contributed by atoms with Crippen LogP contribution in [0.4, 0.5) is 4.79 Å². The summed E-state index contributed by atoms with van der Waals surface area (Å²) in [5.41, 5.74) is -1.24. The number of ether oxygens (including phenoxy) is 3. The van der Waals surface area contributed by atoms with E-state index in [9.17, 15) is 4.79 Å². The van der Waals surface area contributed by atoms with E-state index in [1.165, 1.54) is 0 Å². The fourth-order valence-electron chi connectivity index (χ4n) is 2.35. The van der Waals surface area contributed by atoms with Crippen molar-refractivity contribution in [2.45, 2.75) is 64.5 Å². The third-order valence-electron chi connectivity index (χ3n) is 3.24. The highest BCUT2D eigenvalue weighted by Gasteiger charge is 2.48. The Morgan fingerprint density at radius 2 is 2.15 bits per heavy atom. The molecule has 1 rings (SSSR count). The van der Waals surface area contributed by atoms with E-state index >= 15 is 0 Å². The largest absolute Gasteiger partial charge is 0.444 e. The van der Waals surface area contributed by atoms with Crippen LogP contribution < -0.4 is 0 Å². The Balaban J connectivity index is 2.95. The maximum absolute atomic E-state index is 12.5. The molecule has 1 fully saturated rings. The van der Waals surface area contributed by atoms with Crippen molar-refractivity contribution in [3.05, 3.63) is 12.7 Å². The average molecular weight is 285 g/mol. The van der Waals surface area contributed by atoms with Gasteiger partial charge in [0.1, 0.15) is 11.3 Å². The molecular formula is C15H27NO4. The fraction of sp³-hybridized carbons (Fsp3) is 0.800. The molecule has 0 aromatic heterocycles. The van der Waals surface area contributed by atoms with Crippen molar-refractivity contribution in [1.29, 1.82) is 0 Å². The maximum atomic E-state index is 12.5. The first kappa shape index (κ1) is 17.0. The molecule has 0 aromatic carbocycles. The Kier molecular flexibility index (Phi) is 5.21. The average Bonchev–Trinajstić information content (AvgIpc) is 2.59. The predicted molar refractivity (Wildman–Crippen MR) is 77.5 cm³/mol. The van der Waals surface area contributed by atoms with Crippen molar-refractivity contribution in [2.24, 2.45) is 0 Å². The van der Waals surface area contributed by atoms with E-state index in [1.807, 2.05) is 34.6 Å². The van der Waals surface area contributed by atoms with Crippen molar-refractivity contribution in [2.75, 3.05) is 13.7 Å². The lowest BCUT2D eigenvalue weighted by molar-refractivity contribution is -0.0695. The third-order valence-corrected chi connectivity index (χ3v) is 3.24. The van der Waals surface area contributed by atoms with Crippen LogP contribution in [-0.2, 0) is 14.2 Å². The summed E-state index contributed by atoms with van der Waals surface area (Å²) >= 11 is 0. The SMILES string of the molecule is C=CC[C@H](OC)[C@@H]1COC(C)(C)N1C(=O)OC(C)(C)C. The Morgan fingerprint density at radius 1 is 1.55 bits per heavy atom. The molecule has 0 aromatic rings. The lowest BCUT2D eigenvalue weighted by Crippen LogP contribution is -2.53. The number of carbonyl (C=O) groups is 1. The smallest absolute Gasteiger partial charge is 0.412 e. The van der Waals surface area contributed by atoms with Gasteiger partial charge in [0.15, 0.2) is 0 Å². The zero-order chi connectivity index (χ0) is 15.6. The lowest BCUT2D eigenvalue weighted by atomic mass is 10.1. The second-order valence-electron chi connectivity index (χ2n) is 6.47. The molecule has 1 aliphatic heterocycles. The molecule has 0 aliphatic carbocycles. The Hall–Kier alpha value is -1.07. The number of nitrogens with zero attached hydrogens (tertiary/aromatic N) is 1. The summed E-state index contributed by atoms with van der Waals surface area (Å²) in [7, 11) is 1.63. The molecule has 0 radical (unpaired) electrons. The van der Waals surface area contributed by atoms with Crippen LogP contribution in [0.25, 0.3) is 0 Å². The molecule has 20 heavy (non-hydrogen) atoms. The van der Waals surface area contributed by atoms with Crippen LogP contribution in [0.2, 0.25) is 0 Å². The zero-order valence-electron chi connectivity index (χ0n) is 13.4. The van der Waals surface area contributed by atoms with Gasteiger partial charge in [-0.25, -0.2) is 4.79 Å². The Morgan fingerprint density at radius 3 is 2.60 bits per heavy atom. The standard InChI is InChI=1S/C15H27NO4/c1-8-9-12(18-7)11-10-19-15(5,6)16(11)13(17)20-14(2,3)4/h8,11-12H,1,9-10H2,2-7H3/t11-,12-/m0/s1. The van der Waals surface area contributed by atoms with Gasteiger partial charge in [-0.05, 0) is 41.0 Å². The Bertz CT molecular complexity index is 359. The number of carbonyl (C=O) groups excluding carboxylic acids is 1. The van der Waals surface area contributed by atoms with E-state index in [4.69, 9.17) is 14.2 Å². The van der Waals surface area contributed by atoms with Crippen LogP contribution in [0.5, 0.6) is 0 Å².